The first kappa shape index (κ1) is 20.5. The topological polar surface area (TPSA) is 50.9 Å². The minimum absolute atomic E-state index is 0.369. The molecule has 0 aromatic heterocycles. The van der Waals surface area contributed by atoms with E-state index in [0.717, 1.165) is 52.6 Å². The average Bonchev–Trinajstić information content (AvgIpc) is 3.03. The van der Waals surface area contributed by atoms with Crippen LogP contribution < -0.4 is 5.32 Å². The summed E-state index contributed by atoms with van der Waals surface area (Å²) in [5, 5.41) is 2.85. The van der Waals surface area contributed by atoms with E-state index < -0.39 is 11.6 Å². The number of alkyl carbamates (subject to hydrolysis) is 1. The summed E-state index contributed by atoms with van der Waals surface area (Å²) in [6, 6.07) is 7.99. The van der Waals surface area contributed by atoms with Crippen molar-refractivity contribution in [2.45, 2.75) is 71.1 Å². The standard InChI is InChI=1S/C15H21NO2.C10H14O/c1-6-18-14(17)16-15(4,5)13-9-7-8-12(10-13)11(2)3;1-2-6-3-5(1)7-4-8-10(11-8)9(6)7/h7-10H,2,6H2,1,3-5H3,(H,16,17);5-10H,1-4H2. The van der Waals surface area contributed by atoms with Gasteiger partial charge in [-0.15, -0.1) is 0 Å². The molecule has 4 fully saturated rings. The average molecular weight is 398 g/mol. The van der Waals surface area contributed by atoms with Crippen LogP contribution in [0.5, 0.6) is 0 Å². The zero-order valence-electron chi connectivity index (χ0n) is 18.2. The molecule has 1 aliphatic heterocycles. The molecule has 1 aromatic rings. The van der Waals surface area contributed by atoms with Crippen molar-refractivity contribution in [3.8, 4) is 0 Å². The van der Waals surface area contributed by atoms with Gasteiger partial charge in [0.2, 0.25) is 0 Å². The van der Waals surface area contributed by atoms with Crippen LogP contribution in [0.1, 0.15) is 64.5 Å². The summed E-state index contributed by atoms with van der Waals surface area (Å²) < 4.78 is 10.5. The van der Waals surface area contributed by atoms with Gasteiger partial charge < -0.3 is 14.8 Å². The van der Waals surface area contributed by atoms with Crippen LogP contribution >= 0.6 is 0 Å². The highest BCUT2D eigenvalue weighted by Crippen LogP contribution is 2.64. The molecular weight excluding hydrogens is 362 g/mol. The zero-order chi connectivity index (χ0) is 20.8. The zero-order valence-corrected chi connectivity index (χ0v) is 18.2. The first-order valence-electron chi connectivity index (χ1n) is 11.2. The van der Waals surface area contributed by atoms with Crippen molar-refractivity contribution in [2.24, 2.45) is 23.7 Å². The van der Waals surface area contributed by atoms with Crippen LogP contribution in [0, 0.1) is 23.7 Å². The lowest BCUT2D eigenvalue weighted by Crippen LogP contribution is -2.41. The van der Waals surface area contributed by atoms with Gasteiger partial charge in [0.15, 0.2) is 0 Å². The van der Waals surface area contributed by atoms with Gasteiger partial charge in [0.1, 0.15) is 0 Å². The largest absolute Gasteiger partial charge is 0.450 e. The number of hydrogen-bond donors (Lipinski definition) is 1. The summed E-state index contributed by atoms with van der Waals surface area (Å²) in [5.74, 6) is 4.35. The molecule has 1 aromatic carbocycles. The molecular formula is C25H35NO3. The number of nitrogens with one attached hydrogen (secondary N) is 1. The van der Waals surface area contributed by atoms with Gasteiger partial charge in [0.05, 0.1) is 24.4 Å². The van der Waals surface area contributed by atoms with Crippen LogP contribution in [0.25, 0.3) is 5.57 Å². The van der Waals surface area contributed by atoms with E-state index in [4.69, 9.17) is 9.47 Å². The molecule has 3 saturated carbocycles. The molecule has 29 heavy (non-hydrogen) atoms. The maximum absolute atomic E-state index is 11.5. The molecule has 1 heterocycles. The molecule has 6 unspecified atom stereocenters. The Morgan fingerprint density at radius 1 is 1.28 bits per heavy atom. The Morgan fingerprint density at radius 2 is 2.03 bits per heavy atom. The lowest BCUT2D eigenvalue weighted by Gasteiger charge is -2.26. The van der Waals surface area contributed by atoms with Gasteiger partial charge in [-0.3, -0.25) is 0 Å². The lowest BCUT2D eigenvalue weighted by atomic mass is 9.81. The van der Waals surface area contributed by atoms with E-state index in [-0.39, 0.29) is 0 Å². The normalized spacial score (nSPS) is 33.2. The first-order chi connectivity index (χ1) is 13.8. The maximum atomic E-state index is 11.5. The number of hydrogen-bond acceptors (Lipinski definition) is 3. The van der Waals surface area contributed by atoms with Crippen LogP contribution in [0.15, 0.2) is 30.8 Å². The number of carbonyl (C=O) groups is 1. The van der Waals surface area contributed by atoms with E-state index in [0.29, 0.717) is 6.61 Å². The highest BCUT2D eigenvalue weighted by Gasteiger charge is 2.64. The molecule has 1 N–H and O–H groups in total. The fourth-order valence-electron chi connectivity index (χ4n) is 5.94. The summed E-state index contributed by atoms with van der Waals surface area (Å²) in [5.41, 5.74) is 2.63. The third-order valence-corrected chi connectivity index (χ3v) is 7.43. The molecule has 4 aliphatic rings. The van der Waals surface area contributed by atoms with E-state index in [1.807, 2.05) is 45.0 Å². The first-order valence-corrected chi connectivity index (χ1v) is 11.2. The fraction of sp³-hybridized carbons (Fsp3) is 0.640. The summed E-state index contributed by atoms with van der Waals surface area (Å²) in [6.07, 6.45) is 7.13. The monoisotopic (exact) mass is 397 g/mol. The summed E-state index contributed by atoms with van der Waals surface area (Å²) in [4.78, 5) is 11.5. The second kappa shape index (κ2) is 7.79. The number of amides is 1. The van der Waals surface area contributed by atoms with Gasteiger partial charge in [-0.2, -0.15) is 0 Å². The number of epoxide rings is 1. The third-order valence-electron chi connectivity index (χ3n) is 7.43. The number of fused-ring (bicyclic) bond motifs is 7. The maximum Gasteiger partial charge on any atom is 0.407 e. The Hall–Kier alpha value is -1.81. The van der Waals surface area contributed by atoms with Crippen LogP contribution in [0.2, 0.25) is 0 Å². The van der Waals surface area contributed by atoms with Gasteiger partial charge in [-0.25, -0.2) is 4.79 Å². The quantitative estimate of drug-likeness (QED) is 0.681. The van der Waals surface area contributed by atoms with Crippen molar-refractivity contribution < 1.29 is 14.3 Å². The van der Waals surface area contributed by atoms with Crippen molar-refractivity contribution in [2.75, 3.05) is 6.61 Å². The van der Waals surface area contributed by atoms with Crippen molar-refractivity contribution in [1.82, 2.24) is 5.32 Å². The Morgan fingerprint density at radius 3 is 2.72 bits per heavy atom. The predicted octanol–water partition coefficient (Wildman–Crippen LogP) is 5.52. The van der Waals surface area contributed by atoms with E-state index in [2.05, 4.69) is 11.9 Å². The molecule has 4 heteroatoms. The summed E-state index contributed by atoms with van der Waals surface area (Å²) in [7, 11) is 0. The fourth-order valence-corrected chi connectivity index (χ4v) is 5.94. The van der Waals surface area contributed by atoms with E-state index in [1.165, 1.54) is 12.8 Å². The van der Waals surface area contributed by atoms with Crippen molar-refractivity contribution >= 4 is 11.7 Å². The Kier molecular flexibility index (Phi) is 5.50. The van der Waals surface area contributed by atoms with Gasteiger partial charge >= 0.3 is 6.09 Å². The van der Waals surface area contributed by atoms with Crippen molar-refractivity contribution in [3.63, 3.8) is 0 Å². The molecule has 1 amide bonds. The Balaban J connectivity index is 0.000000155. The molecule has 4 nitrogen and oxygen atoms in total. The van der Waals surface area contributed by atoms with Crippen LogP contribution in [0.3, 0.4) is 0 Å². The molecule has 0 spiro atoms. The SMILES string of the molecule is C1CC2CC1C1CC3OC3C21.C=C(C)c1cccc(C(C)(C)NC(=O)OCC)c1. The molecule has 3 aliphatic carbocycles. The van der Waals surface area contributed by atoms with Crippen molar-refractivity contribution in [3.05, 3.63) is 42.0 Å². The second-order valence-corrected chi connectivity index (χ2v) is 9.78. The highest BCUT2D eigenvalue weighted by molar-refractivity contribution is 5.69. The molecule has 158 valence electrons. The molecule has 6 atom stereocenters. The second-order valence-electron chi connectivity index (χ2n) is 9.78. The van der Waals surface area contributed by atoms with Crippen molar-refractivity contribution in [1.29, 1.82) is 0 Å². The Labute approximate surface area is 175 Å². The van der Waals surface area contributed by atoms with E-state index >= 15 is 0 Å². The van der Waals surface area contributed by atoms with Gasteiger partial charge in [0.25, 0.3) is 0 Å². The summed E-state index contributed by atoms with van der Waals surface area (Å²) >= 11 is 0. The summed E-state index contributed by atoms with van der Waals surface area (Å²) in [6.45, 7) is 11.9. The number of benzene rings is 1. The van der Waals surface area contributed by atoms with Gasteiger partial charge in [-0.05, 0) is 94.2 Å². The predicted molar refractivity (Wildman–Crippen MR) is 115 cm³/mol. The van der Waals surface area contributed by atoms with Crippen LogP contribution in [-0.2, 0) is 15.0 Å². The number of carbonyl (C=O) groups excluding carboxylic acids is 1. The van der Waals surface area contributed by atoms with Crippen LogP contribution in [0.4, 0.5) is 4.79 Å². The molecule has 5 rings (SSSR count). The van der Waals surface area contributed by atoms with Gasteiger partial charge in [0, 0.05) is 0 Å². The number of ether oxygens (including phenoxy) is 2. The molecule has 2 bridgehead atoms. The number of allylic oxidation sites excluding steroid dienone is 1. The van der Waals surface area contributed by atoms with Crippen LogP contribution in [-0.4, -0.2) is 24.9 Å². The molecule has 0 radical (unpaired) electrons. The lowest BCUT2D eigenvalue weighted by molar-refractivity contribution is 0.141. The highest BCUT2D eigenvalue weighted by atomic mass is 16.6. The molecule has 1 saturated heterocycles. The van der Waals surface area contributed by atoms with E-state index in [1.54, 1.807) is 19.8 Å². The van der Waals surface area contributed by atoms with E-state index in [9.17, 15) is 4.79 Å². The minimum atomic E-state index is -0.474. The number of rotatable bonds is 4. The Bertz CT molecular complexity index is 786. The smallest absolute Gasteiger partial charge is 0.407 e. The third kappa shape index (κ3) is 4.09. The minimum Gasteiger partial charge on any atom is -0.450 e. The van der Waals surface area contributed by atoms with Gasteiger partial charge in [-0.1, -0.05) is 30.4 Å².